The lowest BCUT2D eigenvalue weighted by atomic mass is 10.1. The van der Waals surface area contributed by atoms with Crippen molar-refractivity contribution >= 4 is 17.6 Å². The van der Waals surface area contributed by atoms with Gasteiger partial charge in [-0.25, -0.2) is 13.6 Å². The third kappa shape index (κ3) is 4.82. The topological polar surface area (TPSA) is 98.5 Å². The predicted octanol–water partition coefficient (Wildman–Crippen LogP) is 2.91. The molecule has 0 aliphatic heterocycles. The molecule has 1 N–H and O–H groups in total. The number of amides is 1. The Morgan fingerprint density at radius 1 is 1.23 bits per heavy atom. The molecule has 2 aromatic carbocycles. The van der Waals surface area contributed by atoms with Crippen molar-refractivity contribution in [1.29, 1.82) is 0 Å². The number of carbonyl (C=O) groups is 2. The van der Waals surface area contributed by atoms with Gasteiger partial charge < -0.3 is 10.1 Å². The van der Waals surface area contributed by atoms with Gasteiger partial charge in [-0.05, 0) is 19.1 Å². The molecule has 7 nitrogen and oxygen atoms in total. The molecule has 0 aliphatic rings. The average molecular weight is 364 g/mol. The van der Waals surface area contributed by atoms with Crippen molar-refractivity contribution in [2.75, 3.05) is 6.61 Å². The second-order valence-electron chi connectivity index (χ2n) is 5.34. The largest absolute Gasteiger partial charge is 0.452 e. The van der Waals surface area contributed by atoms with Crippen LogP contribution in [0.2, 0.25) is 0 Å². The SMILES string of the molecule is C[C@@H](NC(=O)COC(=O)c1cccc([N+](=O)[O-])c1)c1ccc(F)cc1F. The fourth-order valence-electron chi connectivity index (χ4n) is 2.17. The smallest absolute Gasteiger partial charge is 0.338 e. The molecule has 0 fully saturated rings. The first-order valence-electron chi connectivity index (χ1n) is 7.44. The zero-order valence-electron chi connectivity index (χ0n) is 13.6. The van der Waals surface area contributed by atoms with Gasteiger partial charge in [0.2, 0.25) is 0 Å². The normalized spacial score (nSPS) is 11.5. The van der Waals surface area contributed by atoms with E-state index >= 15 is 0 Å². The molecule has 0 aliphatic carbocycles. The molecule has 2 aromatic rings. The summed E-state index contributed by atoms with van der Waals surface area (Å²) < 4.78 is 31.3. The number of carbonyl (C=O) groups excluding carboxylic acids is 2. The molecule has 136 valence electrons. The predicted molar refractivity (Wildman–Crippen MR) is 86.3 cm³/mol. The molecular formula is C17H14F2N2O5. The second kappa shape index (κ2) is 8.15. The average Bonchev–Trinajstić information content (AvgIpc) is 2.59. The summed E-state index contributed by atoms with van der Waals surface area (Å²) in [6.45, 7) is 0.825. The summed E-state index contributed by atoms with van der Waals surface area (Å²) in [6, 6.07) is 7.03. The molecule has 26 heavy (non-hydrogen) atoms. The van der Waals surface area contributed by atoms with Crippen molar-refractivity contribution in [3.63, 3.8) is 0 Å². The summed E-state index contributed by atoms with van der Waals surface area (Å²) in [4.78, 5) is 33.7. The van der Waals surface area contributed by atoms with Crippen molar-refractivity contribution in [2.24, 2.45) is 0 Å². The summed E-state index contributed by atoms with van der Waals surface area (Å²) in [7, 11) is 0. The molecule has 9 heteroatoms. The molecular weight excluding hydrogens is 350 g/mol. The van der Waals surface area contributed by atoms with Crippen LogP contribution in [0.5, 0.6) is 0 Å². The number of non-ortho nitro benzene ring substituents is 1. The van der Waals surface area contributed by atoms with Crippen LogP contribution in [-0.2, 0) is 9.53 Å². The highest BCUT2D eigenvalue weighted by Gasteiger charge is 2.17. The van der Waals surface area contributed by atoms with E-state index in [4.69, 9.17) is 4.74 Å². The highest BCUT2D eigenvalue weighted by molar-refractivity contribution is 5.91. The lowest BCUT2D eigenvalue weighted by molar-refractivity contribution is -0.384. The number of nitrogens with one attached hydrogen (secondary N) is 1. The molecule has 0 radical (unpaired) electrons. The quantitative estimate of drug-likeness (QED) is 0.483. The highest BCUT2D eigenvalue weighted by Crippen LogP contribution is 2.18. The van der Waals surface area contributed by atoms with Crippen LogP contribution in [0.25, 0.3) is 0 Å². The van der Waals surface area contributed by atoms with E-state index in [1.165, 1.54) is 31.2 Å². The third-order valence-electron chi connectivity index (χ3n) is 3.43. The summed E-state index contributed by atoms with van der Waals surface area (Å²) in [5, 5.41) is 13.1. The van der Waals surface area contributed by atoms with Gasteiger partial charge >= 0.3 is 5.97 Å². The monoisotopic (exact) mass is 364 g/mol. The minimum atomic E-state index is -0.913. The van der Waals surface area contributed by atoms with Crippen molar-refractivity contribution in [3.05, 3.63) is 75.3 Å². The van der Waals surface area contributed by atoms with Gasteiger partial charge in [0.25, 0.3) is 11.6 Å². The number of rotatable bonds is 6. The van der Waals surface area contributed by atoms with Crippen LogP contribution < -0.4 is 5.32 Å². The first-order chi connectivity index (χ1) is 12.3. The van der Waals surface area contributed by atoms with Crippen molar-refractivity contribution in [1.82, 2.24) is 5.32 Å². The number of ether oxygens (including phenoxy) is 1. The number of hydrogen-bond donors (Lipinski definition) is 1. The van der Waals surface area contributed by atoms with E-state index in [0.29, 0.717) is 6.07 Å². The zero-order chi connectivity index (χ0) is 19.3. The standard InChI is InChI=1S/C17H14F2N2O5/c1-10(14-6-5-12(18)8-15(14)19)20-16(22)9-26-17(23)11-3-2-4-13(7-11)21(24)25/h2-8,10H,9H2,1H3,(H,20,22)/t10-/m1/s1. The molecule has 0 saturated carbocycles. The van der Waals surface area contributed by atoms with Crippen LogP contribution in [0, 0.1) is 21.7 Å². The second-order valence-corrected chi connectivity index (χ2v) is 5.34. The Kier molecular flexibility index (Phi) is 5.94. The van der Waals surface area contributed by atoms with Crippen molar-refractivity contribution in [3.8, 4) is 0 Å². The van der Waals surface area contributed by atoms with Gasteiger partial charge in [0.15, 0.2) is 6.61 Å². The number of halogens is 2. The number of hydrogen-bond acceptors (Lipinski definition) is 5. The molecule has 0 spiro atoms. The van der Waals surface area contributed by atoms with E-state index in [9.17, 15) is 28.5 Å². The van der Waals surface area contributed by atoms with E-state index in [0.717, 1.165) is 12.1 Å². The van der Waals surface area contributed by atoms with Gasteiger partial charge in [0.05, 0.1) is 16.5 Å². The molecule has 0 aromatic heterocycles. The Bertz CT molecular complexity index is 857. The molecule has 0 bridgehead atoms. The van der Waals surface area contributed by atoms with Gasteiger partial charge in [-0.1, -0.05) is 12.1 Å². The summed E-state index contributed by atoms with van der Waals surface area (Å²) in [6.07, 6.45) is 0. The molecule has 1 amide bonds. The maximum absolute atomic E-state index is 13.7. The molecule has 0 unspecified atom stereocenters. The lowest BCUT2D eigenvalue weighted by Crippen LogP contribution is -2.31. The van der Waals surface area contributed by atoms with Crippen LogP contribution in [0.3, 0.4) is 0 Å². The first-order valence-corrected chi connectivity index (χ1v) is 7.44. The van der Waals surface area contributed by atoms with E-state index in [2.05, 4.69) is 5.32 Å². The van der Waals surface area contributed by atoms with Gasteiger partial charge in [-0.2, -0.15) is 0 Å². The van der Waals surface area contributed by atoms with Gasteiger partial charge in [0.1, 0.15) is 11.6 Å². The Morgan fingerprint density at radius 3 is 2.62 bits per heavy atom. The maximum Gasteiger partial charge on any atom is 0.338 e. The number of nitrogens with zero attached hydrogens (tertiary/aromatic N) is 1. The minimum Gasteiger partial charge on any atom is -0.452 e. The van der Waals surface area contributed by atoms with Crippen LogP contribution in [0.15, 0.2) is 42.5 Å². The fourth-order valence-corrected chi connectivity index (χ4v) is 2.17. The van der Waals surface area contributed by atoms with Gasteiger partial charge in [-0.15, -0.1) is 0 Å². The Hall–Kier alpha value is -3.36. The minimum absolute atomic E-state index is 0.0739. The Balaban J connectivity index is 1.92. The third-order valence-corrected chi connectivity index (χ3v) is 3.43. The van der Waals surface area contributed by atoms with E-state index in [1.54, 1.807) is 0 Å². The van der Waals surface area contributed by atoms with Gasteiger partial charge in [0, 0.05) is 23.8 Å². The number of nitro benzene ring substituents is 1. The summed E-state index contributed by atoms with van der Waals surface area (Å²) in [5.74, 6) is -3.17. The summed E-state index contributed by atoms with van der Waals surface area (Å²) in [5.41, 5.74) is -0.293. The van der Waals surface area contributed by atoms with Crippen LogP contribution in [0.4, 0.5) is 14.5 Å². The van der Waals surface area contributed by atoms with Crippen molar-refractivity contribution in [2.45, 2.75) is 13.0 Å². The Labute approximate surface area is 146 Å². The van der Waals surface area contributed by atoms with E-state index < -0.39 is 41.1 Å². The van der Waals surface area contributed by atoms with Crippen LogP contribution in [-0.4, -0.2) is 23.4 Å². The van der Waals surface area contributed by atoms with Crippen molar-refractivity contribution < 1.29 is 28.0 Å². The van der Waals surface area contributed by atoms with Crippen LogP contribution in [0.1, 0.15) is 28.9 Å². The maximum atomic E-state index is 13.7. The lowest BCUT2D eigenvalue weighted by Gasteiger charge is -2.15. The number of benzene rings is 2. The number of esters is 1. The van der Waals surface area contributed by atoms with Crippen LogP contribution >= 0.6 is 0 Å². The fraction of sp³-hybridized carbons (Fsp3) is 0.176. The molecule has 0 heterocycles. The molecule has 0 saturated heterocycles. The van der Waals surface area contributed by atoms with Gasteiger partial charge in [-0.3, -0.25) is 14.9 Å². The first kappa shape index (κ1) is 19.0. The Morgan fingerprint density at radius 2 is 1.96 bits per heavy atom. The summed E-state index contributed by atoms with van der Waals surface area (Å²) >= 11 is 0. The van der Waals surface area contributed by atoms with E-state index in [1.807, 2.05) is 0 Å². The highest BCUT2D eigenvalue weighted by atomic mass is 19.1. The zero-order valence-corrected chi connectivity index (χ0v) is 13.6. The van der Waals surface area contributed by atoms with E-state index in [-0.39, 0.29) is 16.8 Å². The number of nitro groups is 1. The molecule has 1 atom stereocenters. The molecule has 2 rings (SSSR count).